The Kier molecular flexibility index (Phi) is 11.2. The minimum absolute atomic E-state index is 0. The lowest BCUT2D eigenvalue weighted by Crippen LogP contribution is -3.00. The number of phenolic OH excluding ortho intramolecular Hbond substituents is 1. The molecular formula is C25H38INO2. The first kappa shape index (κ1) is 25.9. The third-order valence-corrected chi connectivity index (χ3v) is 6.26. The number of rotatable bonds is 11. The molecule has 2 aromatic carbocycles. The molecule has 0 bridgehead atoms. The van der Waals surface area contributed by atoms with Crippen LogP contribution >= 0.6 is 0 Å². The molecule has 1 unspecified atom stereocenters. The van der Waals surface area contributed by atoms with Crippen LogP contribution in [0.15, 0.2) is 48.5 Å². The largest absolute Gasteiger partial charge is 1.00 e. The number of hydrogen-bond acceptors (Lipinski definition) is 2. The molecule has 0 aromatic heterocycles. The number of unbranched alkanes of at least 4 members (excludes halogenated alkanes) is 2. The molecule has 0 aliphatic rings. The van der Waals surface area contributed by atoms with Gasteiger partial charge in [0.15, 0.2) is 0 Å². The number of aliphatic hydroxyl groups excluding tert-OH is 1. The molecule has 162 valence electrons. The summed E-state index contributed by atoms with van der Waals surface area (Å²) in [6.45, 7) is 9.15. The van der Waals surface area contributed by atoms with Crippen LogP contribution in [0, 0.1) is 6.92 Å². The van der Waals surface area contributed by atoms with Crippen molar-refractivity contribution in [1.82, 2.24) is 0 Å². The van der Waals surface area contributed by atoms with Gasteiger partial charge in [0.1, 0.15) is 5.75 Å². The number of benzene rings is 2. The van der Waals surface area contributed by atoms with Crippen LogP contribution in [-0.4, -0.2) is 47.5 Å². The molecule has 2 N–H and O–H groups in total. The van der Waals surface area contributed by atoms with Gasteiger partial charge in [0.05, 0.1) is 26.2 Å². The Morgan fingerprint density at radius 3 is 2.24 bits per heavy atom. The van der Waals surface area contributed by atoms with E-state index in [1.165, 1.54) is 11.1 Å². The summed E-state index contributed by atoms with van der Waals surface area (Å²) in [7, 11) is 2.35. The minimum Gasteiger partial charge on any atom is -1.00 e. The lowest BCUT2D eigenvalue weighted by Gasteiger charge is -2.40. The number of aliphatic hydroxyl groups is 1. The summed E-state index contributed by atoms with van der Waals surface area (Å²) in [6.07, 6.45) is 4.11. The fourth-order valence-corrected chi connectivity index (χ4v) is 3.95. The van der Waals surface area contributed by atoms with E-state index in [1.54, 1.807) is 0 Å². The van der Waals surface area contributed by atoms with Crippen LogP contribution in [-0.2, 0) is 0 Å². The second kappa shape index (κ2) is 12.6. The van der Waals surface area contributed by atoms with Crippen molar-refractivity contribution in [2.75, 3.05) is 26.7 Å². The Morgan fingerprint density at radius 2 is 1.62 bits per heavy atom. The zero-order valence-electron chi connectivity index (χ0n) is 18.4. The van der Waals surface area contributed by atoms with Gasteiger partial charge in [-0.25, -0.2) is 0 Å². The minimum atomic E-state index is 0. The molecule has 0 radical (unpaired) electrons. The highest BCUT2D eigenvalue weighted by Crippen LogP contribution is 2.35. The SMILES string of the molecule is Cc1ccc(O)c([C@H](CC[N+](C)(CCCCCO)C(C)C)c2ccccc2)c1.[I-]. The fraction of sp³-hybridized carbons (Fsp3) is 0.520. The van der Waals surface area contributed by atoms with E-state index in [4.69, 9.17) is 5.11 Å². The number of quaternary nitrogens is 1. The Hall–Kier alpha value is -1.11. The van der Waals surface area contributed by atoms with Gasteiger partial charge in [-0.15, -0.1) is 0 Å². The molecule has 0 amide bonds. The Labute approximate surface area is 194 Å². The second-order valence-corrected chi connectivity index (χ2v) is 8.62. The van der Waals surface area contributed by atoms with Crippen molar-refractivity contribution in [3.8, 4) is 5.75 Å². The van der Waals surface area contributed by atoms with Crippen molar-refractivity contribution >= 4 is 0 Å². The molecule has 29 heavy (non-hydrogen) atoms. The average Bonchev–Trinajstić information content (AvgIpc) is 2.68. The molecule has 4 heteroatoms. The molecule has 0 aliphatic carbocycles. The van der Waals surface area contributed by atoms with E-state index in [1.807, 2.05) is 18.2 Å². The Bertz CT molecular complexity index is 720. The van der Waals surface area contributed by atoms with E-state index in [-0.39, 0.29) is 36.5 Å². The van der Waals surface area contributed by atoms with E-state index in [0.717, 1.165) is 48.8 Å². The third-order valence-electron chi connectivity index (χ3n) is 6.26. The molecule has 0 saturated heterocycles. The van der Waals surface area contributed by atoms with E-state index in [2.05, 4.69) is 58.2 Å². The van der Waals surface area contributed by atoms with E-state index in [0.29, 0.717) is 11.8 Å². The number of hydrogen-bond donors (Lipinski definition) is 2. The molecule has 0 saturated carbocycles. The summed E-state index contributed by atoms with van der Waals surface area (Å²) in [5.74, 6) is 0.580. The lowest BCUT2D eigenvalue weighted by atomic mass is 9.86. The Morgan fingerprint density at radius 1 is 0.931 bits per heavy atom. The van der Waals surface area contributed by atoms with E-state index >= 15 is 0 Å². The third kappa shape index (κ3) is 7.58. The van der Waals surface area contributed by atoms with Crippen LogP contribution in [0.2, 0.25) is 0 Å². The van der Waals surface area contributed by atoms with Gasteiger partial charge in [-0.1, -0.05) is 48.0 Å². The van der Waals surface area contributed by atoms with Gasteiger partial charge in [-0.05, 0) is 51.7 Å². The van der Waals surface area contributed by atoms with Crippen molar-refractivity contribution < 1.29 is 38.7 Å². The monoisotopic (exact) mass is 511 g/mol. The quantitative estimate of drug-likeness (QED) is 0.276. The highest BCUT2D eigenvalue weighted by Gasteiger charge is 2.28. The molecule has 0 aliphatic heterocycles. The number of nitrogens with zero attached hydrogens (tertiary/aromatic N) is 1. The first-order valence-corrected chi connectivity index (χ1v) is 10.7. The molecule has 0 heterocycles. The van der Waals surface area contributed by atoms with Crippen LogP contribution in [0.1, 0.15) is 62.1 Å². The van der Waals surface area contributed by atoms with Crippen LogP contribution in [0.25, 0.3) is 0 Å². The highest BCUT2D eigenvalue weighted by molar-refractivity contribution is 5.43. The molecule has 2 aromatic rings. The van der Waals surface area contributed by atoms with Crippen molar-refractivity contribution in [2.24, 2.45) is 0 Å². The molecular weight excluding hydrogens is 473 g/mol. The average molecular weight is 511 g/mol. The van der Waals surface area contributed by atoms with E-state index in [9.17, 15) is 5.11 Å². The maximum Gasteiger partial charge on any atom is 0.119 e. The van der Waals surface area contributed by atoms with Gasteiger partial charge in [0, 0.05) is 24.5 Å². The predicted octanol–water partition coefficient (Wildman–Crippen LogP) is 2.24. The maximum absolute atomic E-state index is 10.6. The number of aromatic hydroxyl groups is 1. The van der Waals surface area contributed by atoms with Crippen LogP contribution in [0.4, 0.5) is 0 Å². The van der Waals surface area contributed by atoms with Crippen LogP contribution < -0.4 is 24.0 Å². The number of aryl methyl sites for hydroxylation is 1. The van der Waals surface area contributed by atoms with Crippen molar-refractivity contribution in [3.05, 3.63) is 65.2 Å². The smallest absolute Gasteiger partial charge is 0.119 e. The predicted molar refractivity (Wildman–Crippen MR) is 118 cm³/mol. The maximum atomic E-state index is 10.6. The van der Waals surface area contributed by atoms with Crippen LogP contribution in [0.3, 0.4) is 0 Å². The topological polar surface area (TPSA) is 40.5 Å². The summed E-state index contributed by atoms with van der Waals surface area (Å²) in [6, 6.07) is 17.0. The number of phenols is 1. The standard InChI is InChI=1S/C25H37NO2.HI/c1-20(2)26(4,16-9-6-10-18-27)17-15-23(22-11-7-5-8-12-22)24-19-21(3)13-14-25(24)28;/h5,7-8,11-14,19-20,23,27H,6,9-10,15-18H2,1-4H3;1H/t23-,26?;/m1./s1. The normalized spacial score (nSPS) is 14.3. The van der Waals surface area contributed by atoms with Gasteiger partial charge >= 0.3 is 0 Å². The summed E-state index contributed by atoms with van der Waals surface area (Å²) < 4.78 is 1.02. The first-order chi connectivity index (χ1) is 13.4. The molecule has 2 rings (SSSR count). The summed E-state index contributed by atoms with van der Waals surface area (Å²) >= 11 is 0. The molecule has 0 fully saturated rings. The molecule has 3 nitrogen and oxygen atoms in total. The van der Waals surface area contributed by atoms with Gasteiger partial charge in [-0.3, -0.25) is 0 Å². The van der Waals surface area contributed by atoms with Gasteiger partial charge in [0.25, 0.3) is 0 Å². The Balaban J connectivity index is 0.00000420. The lowest BCUT2D eigenvalue weighted by molar-refractivity contribution is -0.930. The first-order valence-electron chi connectivity index (χ1n) is 10.7. The van der Waals surface area contributed by atoms with Gasteiger partial charge in [0.2, 0.25) is 0 Å². The highest BCUT2D eigenvalue weighted by atomic mass is 127. The van der Waals surface area contributed by atoms with Crippen molar-refractivity contribution in [2.45, 2.75) is 58.4 Å². The van der Waals surface area contributed by atoms with Crippen molar-refractivity contribution in [1.29, 1.82) is 0 Å². The van der Waals surface area contributed by atoms with Crippen LogP contribution in [0.5, 0.6) is 5.75 Å². The zero-order chi connectivity index (χ0) is 20.6. The second-order valence-electron chi connectivity index (χ2n) is 8.62. The summed E-state index contributed by atoms with van der Waals surface area (Å²) in [4.78, 5) is 0. The molecule has 0 spiro atoms. The van der Waals surface area contributed by atoms with Gasteiger partial charge in [-0.2, -0.15) is 0 Å². The summed E-state index contributed by atoms with van der Waals surface area (Å²) in [5, 5.41) is 19.6. The van der Waals surface area contributed by atoms with Gasteiger partial charge < -0.3 is 38.7 Å². The number of halogens is 1. The zero-order valence-corrected chi connectivity index (χ0v) is 20.6. The molecule has 2 atom stereocenters. The van der Waals surface area contributed by atoms with Crippen molar-refractivity contribution in [3.63, 3.8) is 0 Å². The van der Waals surface area contributed by atoms with E-state index < -0.39 is 0 Å². The summed E-state index contributed by atoms with van der Waals surface area (Å²) in [5.41, 5.74) is 3.47. The fourth-order valence-electron chi connectivity index (χ4n) is 3.95.